The zero-order chi connectivity index (χ0) is 16.7. The lowest BCUT2D eigenvalue weighted by Gasteiger charge is -2.32. The minimum Gasteiger partial charge on any atom is -0.342 e. The summed E-state index contributed by atoms with van der Waals surface area (Å²) in [6.07, 6.45) is 2.17. The van der Waals surface area contributed by atoms with Crippen LogP contribution in [-0.4, -0.2) is 72.5 Å². The molecule has 126 valence electrons. The zero-order valence-electron chi connectivity index (χ0n) is 15.7. The summed E-state index contributed by atoms with van der Waals surface area (Å²) >= 11 is 0. The highest BCUT2D eigenvalue weighted by Gasteiger charge is 2.20. The zero-order valence-corrected chi connectivity index (χ0v) is 15.7. The fourth-order valence-electron chi connectivity index (χ4n) is 2.14. The highest BCUT2D eigenvalue weighted by Crippen LogP contribution is 2.13. The van der Waals surface area contributed by atoms with Crippen LogP contribution in [-0.2, 0) is 4.79 Å². The summed E-state index contributed by atoms with van der Waals surface area (Å²) in [5.41, 5.74) is 0. The molecule has 0 N–H and O–H groups in total. The van der Waals surface area contributed by atoms with Gasteiger partial charge in [0, 0.05) is 31.2 Å². The van der Waals surface area contributed by atoms with Gasteiger partial charge in [0.15, 0.2) is 0 Å². The second-order valence-corrected chi connectivity index (χ2v) is 7.05. The molecule has 0 bridgehead atoms. The Kier molecular flexibility index (Phi) is 9.14. The molecular weight excluding hydrogens is 262 g/mol. The first kappa shape index (κ1) is 20.4. The van der Waals surface area contributed by atoms with Crippen molar-refractivity contribution in [1.82, 2.24) is 14.7 Å². The van der Waals surface area contributed by atoms with E-state index in [1.807, 2.05) is 19.0 Å². The van der Waals surface area contributed by atoms with Crippen LogP contribution in [0, 0.1) is 0 Å². The van der Waals surface area contributed by atoms with Crippen molar-refractivity contribution in [3.63, 3.8) is 0 Å². The summed E-state index contributed by atoms with van der Waals surface area (Å²) < 4.78 is 0. The lowest BCUT2D eigenvalue weighted by molar-refractivity contribution is -0.133. The van der Waals surface area contributed by atoms with E-state index in [9.17, 15) is 4.79 Å². The molecule has 0 aromatic heterocycles. The Labute approximate surface area is 132 Å². The minimum absolute atomic E-state index is 0.212. The van der Waals surface area contributed by atoms with Crippen LogP contribution in [0.2, 0.25) is 0 Å². The smallest absolute Gasteiger partial charge is 0.236 e. The molecule has 0 saturated heterocycles. The number of carbonyl (C=O) groups excluding carboxylic acids is 1. The van der Waals surface area contributed by atoms with Crippen molar-refractivity contribution in [1.29, 1.82) is 0 Å². The molecule has 0 aromatic rings. The van der Waals surface area contributed by atoms with Gasteiger partial charge >= 0.3 is 0 Å². The van der Waals surface area contributed by atoms with Crippen LogP contribution in [0.1, 0.15) is 54.4 Å². The Bertz CT molecular complexity index is 304. The van der Waals surface area contributed by atoms with Crippen molar-refractivity contribution in [3.8, 4) is 0 Å². The molecule has 2 atom stereocenters. The normalized spacial score (nSPS) is 15.1. The van der Waals surface area contributed by atoms with E-state index in [2.05, 4.69) is 58.4 Å². The summed E-state index contributed by atoms with van der Waals surface area (Å²) in [6.45, 7) is 13.6. The quantitative estimate of drug-likeness (QED) is 0.655. The van der Waals surface area contributed by atoms with E-state index in [1.165, 1.54) is 0 Å². The highest BCUT2D eigenvalue weighted by molar-refractivity contribution is 5.78. The van der Waals surface area contributed by atoms with Gasteiger partial charge in [0.05, 0.1) is 6.54 Å². The molecule has 2 unspecified atom stereocenters. The Morgan fingerprint density at radius 2 is 1.29 bits per heavy atom. The van der Waals surface area contributed by atoms with Crippen molar-refractivity contribution in [3.05, 3.63) is 0 Å². The van der Waals surface area contributed by atoms with Crippen LogP contribution in [0.4, 0.5) is 0 Å². The van der Waals surface area contributed by atoms with Crippen LogP contribution >= 0.6 is 0 Å². The third-order valence-corrected chi connectivity index (χ3v) is 4.83. The molecule has 0 aliphatic carbocycles. The molecule has 0 heterocycles. The molecule has 0 radical (unpaired) electrons. The number of hydrogen-bond donors (Lipinski definition) is 0. The maximum Gasteiger partial charge on any atom is 0.236 e. The average Bonchev–Trinajstić information content (AvgIpc) is 2.41. The topological polar surface area (TPSA) is 26.8 Å². The van der Waals surface area contributed by atoms with E-state index in [-0.39, 0.29) is 5.91 Å². The predicted octanol–water partition coefficient (Wildman–Crippen LogP) is 2.68. The Morgan fingerprint density at radius 1 is 0.810 bits per heavy atom. The van der Waals surface area contributed by atoms with Crippen LogP contribution in [0.5, 0.6) is 0 Å². The molecule has 4 nitrogen and oxygen atoms in total. The fraction of sp³-hybridized carbons (Fsp3) is 0.941. The van der Waals surface area contributed by atoms with Gasteiger partial charge in [0.2, 0.25) is 5.91 Å². The van der Waals surface area contributed by atoms with E-state index in [4.69, 9.17) is 0 Å². The molecule has 0 rings (SSSR count). The van der Waals surface area contributed by atoms with Crippen molar-refractivity contribution >= 4 is 5.91 Å². The standard InChI is InChI=1S/C17H37N3O/c1-13(2)18(7)12-17(21)20(9)16(6)11-10-15(5)19(8)14(3)4/h13-16H,10-12H2,1-9H3. The Hall–Kier alpha value is -0.610. The molecule has 0 spiro atoms. The minimum atomic E-state index is 0.212. The summed E-state index contributed by atoms with van der Waals surface area (Å²) in [5, 5.41) is 0. The molecule has 4 heteroatoms. The molecule has 0 aromatic carbocycles. The van der Waals surface area contributed by atoms with E-state index >= 15 is 0 Å². The van der Waals surface area contributed by atoms with Crippen molar-refractivity contribution in [2.24, 2.45) is 0 Å². The van der Waals surface area contributed by atoms with Crippen LogP contribution in [0.15, 0.2) is 0 Å². The predicted molar refractivity (Wildman–Crippen MR) is 91.6 cm³/mol. The molecule has 0 aliphatic rings. The van der Waals surface area contributed by atoms with Gasteiger partial charge < -0.3 is 9.80 Å². The lowest BCUT2D eigenvalue weighted by atomic mass is 10.1. The van der Waals surface area contributed by atoms with Crippen molar-refractivity contribution < 1.29 is 4.79 Å². The van der Waals surface area contributed by atoms with Crippen LogP contribution in [0.25, 0.3) is 0 Å². The SMILES string of the molecule is CC(C)N(C)CC(=O)N(C)C(C)CCC(C)N(C)C(C)C. The first-order chi connectivity index (χ1) is 9.57. The number of hydrogen-bond acceptors (Lipinski definition) is 3. The van der Waals surface area contributed by atoms with Crippen LogP contribution in [0.3, 0.4) is 0 Å². The summed E-state index contributed by atoms with van der Waals surface area (Å²) in [6, 6.07) is 1.81. The molecule has 1 amide bonds. The van der Waals surface area contributed by atoms with E-state index in [0.717, 1.165) is 12.8 Å². The van der Waals surface area contributed by atoms with Gasteiger partial charge in [-0.25, -0.2) is 0 Å². The largest absolute Gasteiger partial charge is 0.342 e. The first-order valence-electron chi connectivity index (χ1n) is 8.25. The Morgan fingerprint density at radius 3 is 1.71 bits per heavy atom. The second kappa shape index (κ2) is 9.42. The summed E-state index contributed by atoms with van der Waals surface area (Å²) in [7, 11) is 6.10. The maximum absolute atomic E-state index is 12.3. The molecular formula is C17H37N3O. The van der Waals surface area contributed by atoms with E-state index in [0.29, 0.717) is 30.7 Å². The van der Waals surface area contributed by atoms with E-state index < -0.39 is 0 Å². The monoisotopic (exact) mass is 299 g/mol. The third kappa shape index (κ3) is 7.28. The number of likely N-dealkylation sites (N-methyl/N-ethyl adjacent to an activating group) is 2. The third-order valence-electron chi connectivity index (χ3n) is 4.83. The van der Waals surface area contributed by atoms with Gasteiger partial charge in [-0.15, -0.1) is 0 Å². The molecule has 0 saturated carbocycles. The van der Waals surface area contributed by atoms with Gasteiger partial charge in [0.25, 0.3) is 0 Å². The van der Waals surface area contributed by atoms with Gasteiger partial charge in [-0.2, -0.15) is 0 Å². The summed E-state index contributed by atoms with van der Waals surface area (Å²) in [5.74, 6) is 0.212. The summed E-state index contributed by atoms with van der Waals surface area (Å²) in [4.78, 5) is 18.6. The van der Waals surface area contributed by atoms with E-state index in [1.54, 1.807) is 0 Å². The molecule has 0 fully saturated rings. The lowest BCUT2D eigenvalue weighted by Crippen LogP contribution is -2.43. The van der Waals surface area contributed by atoms with Crippen molar-refractivity contribution in [2.75, 3.05) is 27.7 Å². The maximum atomic E-state index is 12.3. The highest BCUT2D eigenvalue weighted by atomic mass is 16.2. The number of rotatable bonds is 9. The van der Waals surface area contributed by atoms with Gasteiger partial charge in [-0.05, 0) is 68.5 Å². The van der Waals surface area contributed by atoms with Gasteiger partial charge in [-0.1, -0.05) is 0 Å². The van der Waals surface area contributed by atoms with Gasteiger partial charge in [-0.3, -0.25) is 9.69 Å². The molecule has 0 aliphatic heterocycles. The number of carbonyl (C=O) groups is 1. The average molecular weight is 300 g/mol. The first-order valence-corrected chi connectivity index (χ1v) is 8.25. The van der Waals surface area contributed by atoms with Crippen molar-refractivity contribution in [2.45, 2.75) is 78.6 Å². The fourth-order valence-corrected chi connectivity index (χ4v) is 2.14. The Balaban J connectivity index is 4.27. The molecule has 21 heavy (non-hydrogen) atoms. The van der Waals surface area contributed by atoms with Gasteiger partial charge in [0.1, 0.15) is 0 Å². The number of nitrogens with zero attached hydrogens (tertiary/aromatic N) is 3. The second-order valence-electron chi connectivity index (χ2n) is 7.05. The van der Waals surface area contributed by atoms with Crippen LogP contribution < -0.4 is 0 Å². The number of amides is 1.